The maximum absolute atomic E-state index is 5.92. The second-order valence-corrected chi connectivity index (χ2v) is 6.52. The number of hydrogen-bond acceptors (Lipinski definition) is 5. The second-order valence-electron chi connectivity index (χ2n) is 6.52. The van der Waals surface area contributed by atoms with Crippen molar-refractivity contribution in [2.75, 3.05) is 21.3 Å². The standard InChI is InChI=1S/C24H27NO4/c1-26-22-11-7-10-20(24(22)28-3)16-25-15-19-12-13-21(23(14-19)27-2)29-17-18-8-5-4-6-9-18/h4-14,25H,15-17H2,1-3H3. The quantitative estimate of drug-likeness (QED) is 0.546. The highest BCUT2D eigenvalue weighted by Crippen LogP contribution is 2.31. The van der Waals surface area contributed by atoms with E-state index in [9.17, 15) is 0 Å². The largest absolute Gasteiger partial charge is 0.493 e. The van der Waals surface area contributed by atoms with Crippen LogP contribution in [-0.4, -0.2) is 21.3 Å². The van der Waals surface area contributed by atoms with Crippen molar-refractivity contribution in [3.63, 3.8) is 0 Å². The first kappa shape index (κ1) is 20.6. The van der Waals surface area contributed by atoms with Crippen LogP contribution in [0.4, 0.5) is 0 Å². The van der Waals surface area contributed by atoms with Gasteiger partial charge in [-0.1, -0.05) is 48.5 Å². The van der Waals surface area contributed by atoms with E-state index in [0.29, 0.717) is 19.7 Å². The van der Waals surface area contributed by atoms with Gasteiger partial charge in [0.1, 0.15) is 6.61 Å². The van der Waals surface area contributed by atoms with Crippen LogP contribution in [0.1, 0.15) is 16.7 Å². The van der Waals surface area contributed by atoms with Crippen molar-refractivity contribution in [3.05, 3.63) is 83.4 Å². The van der Waals surface area contributed by atoms with Crippen molar-refractivity contribution in [2.24, 2.45) is 0 Å². The molecule has 0 amide bonds. The first-order valence-corrected chi connectivity index (χ1v) is 9.49. The van der Waals surface area contributed by atoms with E-state index in [1.54, 1.807) is 21.3 Å². The smallest absolute Gasteiger partial charge is 0.165 e. The number of rotatable bonds is 10. The van der Waals surface area contributed by atoms with Gasteiger partial charge in [-0.25, -0.2) is 0 Å². The highest BCUT2D eigenvalue weighted by molar-refractivity contribution is 5.46. The summed E-state index contributed by atoms with van der Waals surface area (Å²) in [7, 11) is 4.95. The molecule has 1 N–H and O–H groups in total. The SMILES string of the molecule is COc1cc(CNCc2cccc(OC)c2OC)ccc1OCc1ccccc1. The van der Waals surface area contributed by atoms with Crippen LogP contribution in [0.25, 0.3) is 0 Å². The summed E-state index contributed by atoms with van der Waals surface area (Å²) in [5.41, 5.74) is 3.27. The summed E-state index contributed by atoms with van der Waals surface area (Å²) in [5, 5.41) is 3.44. The molecular weight excluding hydrogens is 366 g/mol. The lowest BCUT2D eigenvalue weighted by molar-refractivity contribution is 0.284. The number of para-hydroxylation sites is 1. The van der Waals surface area contributed by atoms with Crippen LogP contribution in [0.5, 0.6) is 23.0 Å². The van der Waals surface area contributed by atoms with Crippen LogP contribution in [-0.2, 0) is 19.7 Å². The Labute approximate surface area is 172 Å². The Morgan fingerprint density at radius 1 is 0.655 bits per heavy atom. The molecule has 0 saturated carbocycles. The summed E-state index contributed by atoms with van der Waals surface area (Å²) in [6.07, 6.45) is 0. The summed E-state index contributed by atoms with van der Waals surface area (Å²) in [4.78, 5) is 0. The molecule has 29 heavy (non-hydrogen) atoms. The Bertz CT molecular complexity index is 912. The molecule has 0 spiro atoms. The van der Waals surface area contributed by atoms with Crippen molar-refractivity contribution in [1.29, 1.82) is 0 Å². The predicted octanol–water partition coefficient (Wildman–Crippen LogP) is 4.58. The summed E-state index contributed by atoms with van der Waals surface area (Å²) in [6.45, 7) is 1.86. The van der Waals surface area contributed by atoms with Gasteiger partial charge in [-0.05, 0) is 29.3 Å². The van der Waals surface area contributed by atoms with Crippen LogP contribution in [0.3, 0.4) is 0 Å². The van der Waals surface area contributed by atoms with Crippen molar-refractivity contribution >= 4 is 0 Å². The molecule has 5 nitrogen and oxygen atoms in total. The minimum Gasteiger partial charge on any atom is -0.493 e. The Hall–Kier alpha value is -3.18. The van der Waals surface area contributed by atoms with E-state index in [-0.39, 0.29) is 0 Å². The minimum atomic E-state index is 0.504. The van der Waals surface area contributed by atoms with Gasteiger partial charge in [0.25, 0.3) is 0 Å². The Morgan fingerprint density at radius 2 is 1.45 bits per heavy atom. The van der Waals surface area contributed by atoms with Crippen molar-refractivity contribution in [2.45, 2.75) is 19.7 Å². The van der Waals surface area contributed by atoms with Crippen LogP contribution in [0.15, 0.2) is 66.7 Å². The third-order valence-corrected chi connectivity index (χ3v) is 4.59. The molecule has 0 aliphatic rings. The van der Waals surface area contributed by atoms with Gasteiger partial charge in [0.15, 0.2) is 23.0 Å². The molecule has 0 fully saturated rings. The zero-order valence-corrected chi connectivity index (χ0v) is 17.1. The van der Waals surface area contributed by atoms with Crippen molar-refractivity contribution < 1.29 is 18.9 Å². The van der Waals surface area contributed by atoms with E-state index in [4.69, 9.17) is 18.9 Å². The molecule has 0 saturated heterocycles. The monoisotopic (exact) mass is 393 g/mol. The second kappa shape index (κ2) is 10.4. The average Bonchev–Trinajstić information content (AvgIpc) is 2.78. The Kier molecular flexibility index (Phi) is 7.36. The van der Waals surface area contributed by atoms with Gasteiger partial charge in [-0.3, -0.25) is 0 Å². The molecule has 3 aromatic rings. The normalized spacial score (nSPS) is 10.4. The molecule has 3 aromatic carbocycles. The van der Waals surface area contributed by atoms with E-state index >= 15 is 0 Å². The van der Waals surface area contributed by atoms with Gasteiger partial charge in [0, 0.05) is 18.7 Å². The molecule has 0 unspecified atom stereocenters. The fourth-order valence-corrected chi connectivity index (χ4v) is 3.11. The molecule has 0 heterocycles. The topological polar surface area (TPSA) is 49.0 Å². The van der Waals surface area contributed by atoms with Gasteiger partial charge in [0.2, 0.25) is 0 Å². The van der Waals surface area contributed by atoms with E-state index in [2.05, 4.69) is 5.32 Å². The molecule has 0 aliphatic heterocycles. The molecule has 0 aliphatic carbocycles. The Morgan fingerprint density at radius 3 is 2.17 bits per heavy atom. The zero-order chi connectivity index (χ0) is 20.5. The van der Waals surface area contributed by atoms with E-state index in [1.165, 1.54) is 0 Å². The van der Waals surface area contributed by atoms with Crippen LogP contribution in [0.2, 0.25) is 0 Å². The first-order valence-electron chi connectivity index (χ1n) is 9.49. The minimum absolute atomic E-state index is 0.504. The predicted molar refractivity (Wildman–Crippen MR) is 114 cm³/mol. The van der Waals surface area contributed by atoms with Crippen molar-refractivity contribution in [1.82, 2.24) is 5.32 Å². The first-order chi connectivity index (χ1) is 14.2. The third-order valence-electron chi connectivity index (χ3n) is 4.59. The summed E-state index contributed by atoms with van der Waals surface area (Å²) in [6, 6.07) is 21.9. The van der Waals surface area contributed by atoms with E-state index in [0.717, 1.165) is 39.7 Å². The van der Waals surface area contributed by atoms with Gasteiger partial charge in [-0.2, -0.15) is 0 Å². The van der Waals surface area contributed by atoms with Gasteiger partial charge < -0.3 is 24.3 Å². The lowest BCUT2D eigenvalue weighted by atomic mass is 10.1. The number of benzene rings is 3. The summed E-state index contributed by atoms with van der Waals surface area (Å²) < 4.78 is 22.3. The molecule has 0 radical (unpaired) electrons. The van der Waals surface area contributed by atoms with Gasteiger partial charge in [0.05, 0.1) is 21.3 Å². The molecule has 0 bridgehead atoms. The number of methoxy groups -OCH3 is 3. The molecule has 152 valence electrons. The van der Waals surface area contributed by atoms with E-state index < -0.39 is 0 Å². The number of ether oxygens (including phenoxy) is 4. The molecule has 0 aromatic heterocycles. The molecular formula is C24H27NO4. The van der Waals surface area contributed by atoms with Crippen LogP contribution < -0.4 is 24.3 Å². The molecule has 0 atom stereocenters. The average molecular weight is 393 g/mol. The maximum Gasteiger partial charge on any atom is 0.165 e. The van der Waals surface area contributed by atoms with Gasteiger partial charge in [-0.15, -0.1) is 0 Å². The highest BCUT2D eigenvalue weighted by Gasteiger charge is 2.10. The lowest BCUT2D eigenvalue weighted by Gasteiger charge is -2.14. The van der Waals surface area contributed by atoms with Gasteiger partial charge >= 0.3 is 0 Å². The summed E-state index contributed by atoms with van der Waals surface area (Å²) >= 11 is 0. The van der Waals surface area contributed by atoms with Crippen LogP contribution >= 0.6 is 0 Å². The molecule has 5 heteroatoms. The van der Waals surface area contributed by atoms with Crippen molar-refractivity contribution in [3.8, 4) is 23.0 Å². The fraction of sp³-hybridized carbons (Fsp3) is 0.250. The lowest BCUT2D eigenvalue weighted by Crippen LogP contribution is -2.13. The fourth-order valence-electron chi connectivity index (χ4n) is 3.11. The molecule has 3 rings (SSSR count). The number of nitrogens with one attached hydrogen (secondary N) is 1. The highest BCUT2D eigenvalue weighted by atomic mass is 16.5. The number of hydrogen-bond donors (Lipinski definition) is 1. The van der Waals surface area contributed by atoms with E-state index in [1.807, 2.05) is 66.7 Å². The van der Waals surface area contributed by atoms with Crippen LogP contribution in [0, 0.1) is 0 Å². The third kappa shape index (κ3) is 5.42. The summed E-state index contributed by atoms with van der Waals surface area (Å²) in [5.74, 6) is 2.94. The Balaban J connectivity index is 1.60. The zero-order valence-electron chi connectivity index (χ0n) is 17.1. The maximum atomic E-state index is 5.92.